The lowest BCUT2D eigenvalue weighted by atomic mass is 10.1. The van der Waals surface area contributed by atoms with Crippen molar-refractivity contribution in [3.63, 3.8) is 0 Å². The van der Waals surface area contributed by atoms with Crippen LogP contribution in [-0.2, 0) is 11.2 Å². The van der Waals surface area contributed by atoms with Crippen molar-refractivity contribution in [2.75, 3.05) is 44.7 Å². The van der Waals surface area contributed by atoms with Gasteiger partial charge < -0.3 is 20.7 Å². The molecule has 3 N–H and O–H groups in total. The maximum atomic E-state index is 13.1. The molecular weight excluding hydrogens is 385 g/mol. The van der Waals surface area contributed by atoms with Gasteiger partial charge in [-0.3, -0.25) is 4.79 Å². The van der Waals surface area contributed by atoms with Crippen molar-refractivity contribution >= 4 is 11.7 Å². The second-order valence-corrected chi connectivity index (χ2v) is 7.51. The van der Waals surface area contributed by atoms with E-state index in [9.17, 15) is 9.18 Å². The summed E-state index contributed by atoms with van der Waals surface area (Å²) in [7, 11) is 0. The summed E-state index contributed by atoms with van der Waals surface area (Å²) in [6.07, 6.45) is 6.89. The lowest BCUT2D eigenvalue weighted by Crippen LogP contribution is -2.26. The molecule has 7 nitrogen and oxygen atoms in total. The zero-order valence-corrected chi connectivity index (χ0v) is 17.3. The molecule has 2 aliphatic heterocycles. The summed E-state index contributed by atoms with van der Waals surface area (Å²) in [5.74, 6) is -0.269. The van der Waals surface area contributed by atoms with Crippen LogP contribution in [0.5, 0.6) is 0 Å². The van der Waals surface area contributed by atoms with Crippen LogP contribution in [0.4, 0.5) is 10.2 Å². The van der Waals surface area contributed by atoms with Gasteiger partial charge in [-0.1, -0.05) is 12.1 Å². The number of carbonyl (C=O) groups is 1. The third kappa shape index (κ3) is 7.03. The molecule has 0 aliphatic carbocycles. The van der Waals surface area contributed by atoms with Gasteiger partial charge in [0.15, 0.2) is 0 Å². The molecule has 0 unspecified atom stereocenters. The number of nitrogens with one attached hydrogen (secondary N) is 1. The van der Waals surface area contributed by atoms with E-state index in [2.05, 4.69) is 20.2 Å². The minimum absolute atomic E-state index is 0.127. The van der Waals surface area contributed by atoms with Gasteiger partial charge in [-0.15, -0.1) is 0 Å². The van der Waals surface area contributed by atoms with E-state index in [-0.39, 0.29) is 11.5 Å². The van der Waals surface area contributed by atoms with Gasteiger partial charge in [0.05, 0.1) is 11.9 Å². The number of ether oxygens (including phenoxy) is 1. The smallest absolute Gasteiger partial charge is 0.268 e. The van der Waals surface area contributed by atoms with Gasteiger partial charge >= 0.3 is 0 Å². The van der Waals surface area contributed by atoms with Crippen LogP contribution in [0, 0.1) is 5.82 Å². The predicted molar refractivity (Wildman–Crippen MR) is 114 cm³/mol. The van der Waals surface area contributed by atoms with Gasteiger partial charge in [0.2, 0.25) is 0 Å². The predicted octanol–water partition coefficient (Wildman–Crippen LogP) is 2.61. The van der Waals surface area contributed by atoms with Gasteiger partial charge in [0.1, 0.15) is 17.3 Å². The summed E-state index contributed by atoms with van der Waals surface area (Å²) in [4.78, 5) is 22.4. The molecule has 1 aromatic carbocycles. The SMILES string of the molecule is C1CCOC1.NC(=O)c1cnc(NCCN2CCCC2)c(Cc2ccc(F)cc2)n1. The molecule has 30 heavy (non-hydrogen) atoms. The Morgan fingerprint density at radius 1 is 1.13 bits per heavy atom. The van der Waals surface area contributed by atoms with Crippen molar-refractivity contribution in [2.24, 2.45) is 5.73 Å². The first-order valence-electron chi connectivity index (χ1n) is 10.6. The zero-order valence-electron chi connectivity index (χ0n) is 17.3. The molecule has 162 valence electrons. The third-order valence-electron chi connectivity index (χ3n) is 5.13. The fourth-order valence-electron chi connectivity index (χ4n) is 3.46. The van der Waals surface area contributed by atoms with Crippen molar-refractivity contribution < 1.29 is 13.9 Å². The first kappa shape index (κ1) is 22.1. The molecule has 0 saturated carbocycles. The number of hydrogen-bond donors (Lipinski definition) is 2. The maximum Gasteiger partial charge on any atom is 0.268 e. The summed E-state index contributed by atoms with van der Waals surface area (Å²) < 4.78 is 18.0. The molecule has 2 fully saturated rings. The summed E-state index contributed by atoms with van der Waals surface area (Å²) in [5, 5.41) is 3.30. The molecule has 0 spiro atoms. The average Bonchev–Trinajstić information content (AvgIpc) is 3.47. The largest absolute Gasteiger partial charge is 0.381 e. The first-order valence-corrected chi connectivity index (χ1v) is 10.6. The molecule has 0 bridgehead atoms. The normalized spacial score (nSPS) is 16.2. The number of rotatable bonds is 7. The quantitative estimate of drug-likeness (QED) is 0.722. The van der Waals surface area contributed by atoms with Crippen LogP contribution < -0.4 is 11.1 Å². The van der Waals surface area contributed by atoms with Crippen molar-refractivity contribution in [2.45, 2.75) is 32.1 Å². The molecule has 2 aromatic rings. The van der Waals surface area contributed by atoms with Crippen molar-refractivity contribution in [3.05, 3.63) is 53.2 Å². The van der Waals surface area contributed by atoms with E-state index in [1.54, 1.807) is 12.1 Å². The molecule has 1 amide bonds. The highest BCUT2D eigenvalue weighted by Crippen LogP contribution is 2.16. The highest BCUT2D eigenvalue weighted by atomic mass is 19.1. The van der Waals surface area contributed by atoms with Gasteiger partial charge in [-0.05, 0) is 56.5 Å². The van der Waals surface area contributed by atoms with Gasteiger partial charge in [0, 0.05) is 32.7 Å². The van der Waals surface area contributed by atoms with Gasteiger partial charge in [0.25, 0.3) is 5.91 Å². The minimum Gasteiger partial charge on any atom is -0.381 e. The van der Waals surface area contributed by atoms with E-state index < -0.39 is 5.91 Å². The Balaban J connectivity index is 0.000000448. The number of anilines is 1. The fraction of sp³-hybridized carbons (Fsp3) is 0.500. The number of likely N-dealkylation sites (tertiary alicyclic amines) is 1. The van der Waals surface area contributed by atoms with Crippen molar-refractivity contribution in [3.8, 4) is 0 Å². The molecule has 0 atom stereocenters. The van der Waals surface area contributed by atoms with Crippen LogP contribution >= 0.6 is 0 Å². The van der Waals surface area contributed by atoms with Gasteiger partial charge in [-0.25, -0.2) is 14.4 Å². The number of carbonyl (C=O) groups excluding carboxylic acids is 1. The van der Waals surface area contributed by atoms with Crippen LogP contribution in [0.3, 0.4) is 0 Å². The van der Waals surface area contributed by atoms with E-state index >= 15 is 0 Å². The van der Waals surface area contributed by atoms with Crippen LogP contribution in [0.15, 0.2) is 30.5 Å². The standard InChI is InChI=1S/C18H22FN5O.C4H8O/c19-14-5-3-13(4-6-14)11-15-18(22-12-16(23-15)17(20)25)21-7-10-24-8-1-2-9-24;1-2-4-5-3-1/h3-6,12H,1-2,7-11H2,(H2,20,25)(H,21,22);1-4H2. The van der Waals surface area contributed by atoms with E-state index in [0.29, 0.717) is 17.9 Å². The van der Waals surface area contributed by atoms with Crippen LogP contribution in [0.2, 0.25) is 0 Å². The van der Waals surface area contributed by atoms with E-state index in [4.69, 9.17) is 10.5 Å². The number of amides is 1. The summed E-state index contributed by atoms with van der Waals surface area (Å²) in [5.41, 5.74) is 6.96. The number of benzene rings is 1. The lowest BCUT2D eigenvalue weighted by Gasteiger charge is -2.16. The van der Waals surface area contributed by atoms with Crippen molar-refractivity contribution in [1.82, 2.24) is 14.9 Å². The molecule has 3 heterocycles. The van der Waals surface area contributed by atoms with Crippen LogP contribution in [0.1, 0.15) is 47.4 Å². The molecule has 2 aliphatic rings. The van der Waals surface area contributed by atoms with Crippen LogP contribution in [0.25, 0.3) is 0 Å². The van der Waals surface area contributed by atoms with E-state index in [1.165, 1.54) is 44.0 Å². The maximum absolute atomic E-state index is 13.1. The lowest BCUT2D eigenvalue weighted by molar-refractivity contribution is 0.0995. The number of hydrogen-bond acceptors (Lipinski definition) is 6. The highest BCUT2D eigenvalue weighted by Gasteiger charge is 2.14. The first-order chi connectivity index (χ1) is 14.6. The summed E-state index contributed by atoms with van der Waals surface area (Å²) in [6, 6.07) is 6.20. The van der Waals surface area contributed by atoms with E-state index in [1.807, 2.05) is 0 Å². The number of halogens is 1. The Morgan fingerprint density at radius 3 is 2.43 bits per heavy atom. The molecule has 4 rings (SSSR count). The molecule has 2 saturated heterocycles. The van der Waals surface area contributed by atoms with Crippen LogP contribution in [-0.4, -0.2) is 60.2 Å². The Morgan fingerprint density at radius 2 is 1.83 bits per heavy atom. The number of nitrogens with two attached hydrogens (primary N) is 1. The number of primary amides is 1. The van der Waals surface area contributed by atoms with Crippen molar-refractivity contribution in [1.29, 1.82) is 0 Å². The Kier molecular flexibility index (Phi) is 8.53. The third-order valence-corrected chi connectivity index (χ3v) is 5.13. The second-order valence-electron chi connectivity index (χ2n) is 7.51. The highest BCUT2D eigenvalue weighted by molar-refractivity contribution is 5.90. The summed E-state index contributed by atoms with van der Waals surface area (Å²) in [6.45, 7) is 5.96. The number of aromatic nitrogens is 2. The average molecular weight is 416 g/mol. The van der Waals surface area contributed by atoms with Gasteiger partial charge in [-0.2, -0.15) is 0 Å². The number of nitrogens with zero attached hydrogens (tertiary/aromatic N) is 3. The summed E-state index contributed by atoms with van der Waals surface area (Å²) >= 11 is 0. The molecule has 8 heteroatoms. The van der Waals surface area contributed by atoms with E-state index in [0.717, 1.165) is 45.0 Å². The zero-order chi connectivity index (χ0) is 21.2. The fourth-order valence-corrected chi connectivity index (χ4v) is 3.46. The molecule has 0 radical (unpaired) electrons. The topological polar surface area (TPSA) is 93.4 Å². The Labute approximate surface area is 176 Å². The monoisotopic (exact) mass is 415 g/mol. The molecular formula is C22H30FN5O2. The Hall–Kier alpha value is -2.58. The second kappa shape index (κ2) is 11.6. The molecule has 1 aromatic heterocycles. The minimum atomic E-state index is -0.614. The Bertz CT molecular complexity index is 798.